The molecule has 5 nitrogen and oxygen atoms in total. The fraction of sp³-hybridized carbons (Fsp3) is 0.188. The monoisotopic (exact) mass is 283 g/mol. The smallest absolute Gasteiger partial charge is 0.277 e. The quantitative estimate of drug-likeness (QED) is 0.653. The molecule has 21 heavy (non-hydrogen) atoms. The van der Waals surface area contributed by atoms with Gasteiger partial charge in [0.1, 0.15) is 5.75 Å². The van der Waals surface area contributed by atoms with E-state index in [1.54, 1.807) is 30.7 Å². The van der Waals surface area contributed by atoms with E-state index < -0.39 is 0 Å². The fourth-order valence-electron chi connectivity index (χ4n) is 1.63. The third-order valence-electron chi connectivity index (χ3n) is 2.81. The second kappa shape index (κ2) is 7.79. The summed E-state index contributed by atoms with van der Waals surface area (Å²) in [4.78, 5) is 15.5. The van der Waals surface area contributed by atoms with Crippen LogP contribution < -0.4 is 10.2 Å². The molecule has 2 aromatic rings. The third-order valence-corrected chi connectivity index (χ3v) is 2.81. The Morgan fingerprint density at radius 2 is 1.95 bits per heavy atom. The van der Waals surface area contributed by atoms with Crippen molar-refractivity contribution in [3.63, 3.8) is 0 Å². The van der Waals surface area contributed by atoms with Crippen molar-refractivity contribution in [1.82, 2.24) is 10.4 Å². The zero-order valence-corrected chi connectivity index (χ0v) is 11.8. The first-order chi connectivity index (χ1) is 10.3. The molecular formula is C16H17N3O2. The van der Waals surface area contributed by atoms with Crippen LogP contribution in [0.5, 0.6) is 5.75 Å². The lowest BCUT2D eigenvalue weighted by Gasteiger charge is -2.05. The Morgan fingerprint density at radius 3 is 2.62 bits per heavy atom. The summed E-state index contributed by atoms with van der Waals surface area (Å²) in [5.74, 6) is 0.361. The first kappa shape index (κ1) is 14.7. The average Bonchev–Trinajstić information content (AvgIpc) is 2.54. The van der Waals surface area contributed by atoms with Crippen LogP contribution in [0.3, 0.4) is 0 Å². The topological polar surface area (TPSA) is 63.6 Å². The fourth-order valence-corrected chi connectivity index (χ4v) is 1.63. The van der Waals surface area contributed by atoms with Gasteiger partial charge in [-0.25, -0.2) is 5.43 Å². The van der Waals surface area contributed by atoms with Crippen LogP contribution >= 0.6 is 0 Å². The predicted molar refractivity (Wildman–Crippen MR) is 81.3 cm³/mol. The van der Waals surface area contributed by atoms with E-state index in [0.717, 1.165) is 12.0 Å². The summed E-state index contributed by atoms with van der Waals surface area (Å²) in [5, 5.41) is 3.85. The molecule has 0 bridgehead atoms. The van der Waals surface area contributed by atoms with Gasteiger partial charge in [0.25, 0.3) is 5.91 Å². The molecule has 0 aliphatic heterocycles. The van der Waals surface area contributed by atoms with Gasteiger partial charge in [-0.1, -0.05) is 19.1 Å². The summed E-state index contributed by atoms with van der Waals surface area (Å²) in [6.07, 6.45) is 5.85. The average molecular weight is 283 g/mol. The summed E-state index contributed by atoms with van der Waals surface area (Å²) >= 11 is 0. The lowest BCUT2D eigenvalue weighted by Crippen LogP contribution is -2.24. The zero-order valence-electron chi connectivity index (χ0n) is 11.8. The van der Waals surface area contributed by atoms with E-state index in [9.17, 15) is 4.79 Å². The molecule has 1 aromatic carbocycles. The molecule has 0 spiro atoms. The van der Waals surface area contributed by atoms with E-state index in [0.29, 0.717) is 5.75 Å². The van der Waals surface area contributed by atoms with E-state index in [4.69, 9.17) is 4.74 Å². The van der Waals surface area contributed by atoms with Crippen LogP contribution in [0, 0.1) is 0 Å². The number of hydrogen-bond acceptors (Lipinski definition) is 4. The van der Waals surface area contributed by atoms with Crippen molar-refractivity contribution in [2.24, 2.45) is 5.10 Å². The highest BCUT2D eigenvalue weighted by atomic mass is 16.5. The number of ether oxygens (including phenoxy) is 1. The number of pyridine rings is 1. The van der Waals surface area contributed by atoms with Crippen molar-refractivity contribution < 1.29 is 9.53 Å². The van der Waals surface area contributed by atoms with Crippen molar-refractivity contribution in [3.8, 4) is 5.75 Å². The maximum absolute atomic E-state index is 11.6. The van der Waals surface area contributed by atoms with Crippen molar-refractivity contribution in [1.29, 1.82) is 0 Å². The van der Waals surface area contributed by atoms with Gasteiger partial charge in [0.15, 0.2) is 6.61 Å². The Labute approximate surface area is 123 Å². The van der Waals surface area contributed by atoms with Gasteiger partial charge in [-0.15, -0.1) is 0 Å². The van der Waals surface area contributed by atoms with Gasteiger partial charge in [-0.2, -0.15) is 5.10 Å². The van der Waals surface area contributed by atoms with Crippen LogP contribution in [0.4, 0.5) is 0 Å². The van der Waals surface area contributed by atoms with Gasteiger partial charge in [0.2, 0.25) is 0 Å². The SMILES string of the molecule is CCc1ccc(OCC(=O)N/N=C/c2ccncc2)cc1. The molecule has 0 unspecified atom stereocenters. The van der Waals surface area contributed by atoms with Crippen LogP contribution in [0.15, 0.2) is 53.9 Å². The molecule has 0 aliphatic rings. The number of aryl methyl sites for hydroxylation is 1. The summed E-state index contributed by atoms with van der Waals surface area (Å²) in [7, 11) is 0. The Hall–Kier alpha value is -2.69. The Bertz CT molecular complexity index is 595. The molecule has 5 heteroatoms. The van der Waals surface area contributed by atoms with Crippen molar-refractivity contribution in [2.45, 2.75) is 13.3 Å². The van der Waals surface area contributed by atoms with Crippen LogP contribution in [0.2, 0.25) is 0 Å². The van der Waals surface area contributed by atoms with Crippen molar-refractivity contribution in [3.05, 3.63) is 59.9 Å². The van der Waals surface area contributed by atoms with Crippen LogP contribution in [0.25, 0.3) is 0 Å². The van der Waals surface area contributed by atoms with Crippen molar-refractivity contribution in [2.75, 3.05) is 6.61 Å². The number of carbonyl (C=O) groups is 1. The highest BCUT2D eigenvalue weighted by Crippen LogP contribution is 2.12. The van der Waals surface area contributed by atoms with Gasteiger partial charge < -0.3 is 4.74 Å². The first-order valence-electron chi connectivity index (χ1n) is 6.71. The van der Waals surface area contributed by atoms with Crippen LogP contribution in [-0.4, -0.2) is 23.7 Å². The molecule has 2 rings (SSSR count). The van der Waals surface area contributed by atoms with E-state index in [2.05, 4.69) is 22.4 Å². The van der Waals surface area contributed by atoms with Crippen LogP contribution in [0.1, 0.15) is 18.1 Å². The summed E-state index contributed by atoms with van der Waals surface area (Å²) < 4.78 is 5.37. The normalized spacial score (nSPS) is 10.5. The molecule has 1 aromatic heterocycles. The zero-order chi connectivity index (χ0) is 14.9. The van der Waals surface area contributed by atoms with Gasteiger partial charge in [-0.3, -0.25) is 9.78 Å². The summed E-state index contributed by atoms with van der Waals surface area (Å²) in [5.41, 5.74) is 4.50. The number of amides is 1. The van der Waals surface area contributed by atoms with Gasteiger partial charge in [0.05, 0.1) is 6.21 Å². The molecule has 108 valence electrons. The lowest BCUT2D eigenvalue weighted by atomic mass is 10.2. The van der Waals surface area contributed by atoms with E-state index in [-0.39, 0.29) is 12.5 Å². The largest absolute Gasteiger partial charge is 0.484 e. The highest BCUT2D eigenvalue weighted by Gasteiger charge is 2.01. The van der Waals surface area contributed by atoms with E-state index in [1.165, 1.54) is 5.56 Å². The molecule has 0 fully saturated rings. The maximum Gasteiger partial charge on any atom is 0.277 e. The van der Waals surface area contributed by atoms with Crippen LogP contribution in [-0.2, 0) is 11.2 Å². The number of nitrogens with one attached hydrogen (secondary N) is 1. The summed E-state index contributed by atoms with van der Waals surface area (Å²) in [6.45, 7) is 2.02. The molecular weight excluding hydrogens is 266 g/mol. The number of nitrogens with zero attached hydrogens (tertiary/aromatic N) is 2. The minimum absolute atomic E-state index is 0.0703. The minimum atomic E-state index is -0.306. The second-order valence-electron chi connectivity index (χ2n) is 4.36. The number of hydrogen-bond donors (Lipinski definition) is 1. The molecule has 0 saturated carbocycles. The molecule has 0 radical (unpaired) electrons. The maximum atomic E-state index is 11.6. The number of benzene rings is 1. The van der Waals surface area contributed by atoms with E-state index in [1.807, 2.05) is 24.3 Å². The Kier molecular flexibility index (Phi) is 5.46. The first-order valence-corrected chi connectivity index (χ1v) is 6.71. The molecule has 1 N–H and O–H groups in total. The number of rotatable bonds is 6. The highest BCUT2D eigenvalue weighted by molar-refractivity contribution is 5.82. The molecule has 0 saturated heterocycles. The summed E-state index contributed by atoms with van der Waals surface area (Å²) in [6, 6.07) is 11.3. The minimum Gasteiger partial charge on any atom is -0.484 e. The van der Waals surface area contributed by atoms with Crippen molar-refractivity contribution >= 4 is 12.1 Å². The van der Waals surface area contributed by atoms with Gasteiger partial charge >= 0.3 is 0 Å². The number of hydrazone groups is 1. The van der Waals surface area contributed by atoms with Gasteiger partial charge in [0, 0.05) is 12.4 Å². The van der Waals surface area contributed by atoms with E-state index >= 15 is 0 Å². The molecule has 0 atom stereocenters. The molecule has 1 amide bonds. The molecule has 0 aliphatic carbocycles. The Balaban J connectivity index is 1.75. The second-order valence-corrected chi connectivity index (χ2v) is 4.36. The standard InChI is InChI=1S/C16H17N3O2/c1-2-13-3-5-15(6-4-13)21-12-16(20)19-18-11-14-7-9-17-10-8-14/h3-11H,2,12H2,1H3,(H,19,20)/b18-11+. The third kappa shape index (κ3) is 5.06. The lowest BCUT2D eigenvalue weighted by molar-refractivity contribution is -0.123. The number of aromatic nitrogens is 1. The molecule has 1 heterocycles. The van der Waals surface area contributed by atoms with Gasteiger partial charge in [-0.05, 0) is 41.8 Å². The number of carbonyl (C=O) groups excluding carboxylic acids is 1. The predicted octanol–water partition coefficient (Wildman–Crippen LogP) is 2.17. The Morgan fingerprint density at radius 1 is 1.24 bits per heavy atom.